The van der Waals surface area contributed by atoms with Crippen LogP contribution in [0.3, 0.4) is 0 Å². The van der Waals surface area contributed by atoms with Crippen molar-refractivity contribution in [2.45, 2.75) is 26.7 Å². The molecule has 6 nitrogen and oxygen atoms in total. The predicted molar refractivity (Wildman–Crippen MR) is 77.7 cm³/mol. The van der Waals surface area contributed by atoms with E-state index in [1.165, 1.54) is 0 Å². The average Bonchev–Trinajstić information content (AvgIpc) is 2.72. The van der Waals surface area contributed by atoms with E-state index in [4.69, 9.17) is 10.3 Å². The number of benzene rings is 1. The highest BCUT2D eigenvalue weighted by Gasteiger charge is 2.13. The van der Waals surface area contributed by atoms with Gasteiger partial charge in [-0.3, -0.25) is 9.59 Å². The number of hydrogen-bond donors (Lipinski definition) is 2. The van der Waals surface area contributed by atoms with Crippen LogP contribution < -0.4 is 11.1 Å². The smallest absolute Gasteiger partial charge is 0.228 e. The van der Waals surface area contributed by atoms with Crippen molar-refractivity contribution in [1.29, 1.82) is 0 Å². The third kappa shape index (κ3) is 3.92. The molecule has 2 rings (SSSR count). The van der Waals surface area contributed by atoms with Crippen LogP contribution in [0, 0.1) is 13.8 Å². The molecule has 0 spiro atoms. The Kier molecular flexibility index (Phi) is 4.37. The summed E-state index contributed by atoms with van der Waals surface area (Å²) >= 11 is 0. The summed E-state index contributed by atoms with van der Waals surface area (Å²) in [5.74, 6) is 0.122. The third-order valence-electron chi connectivity index (χ3n) is 3.13. The highest BCUT2D eigenvalue weighted by Crippen LogP contribution is 2.15. The summed E-state index contributed by atoms with van der Waals surface area (Å²) in [5, 5.41) is 6.61. The summed E-state index contributed by atoms with van der Waals surface area (Å²) in [6.07, 6.45) is 0.400. The largest absolute Gasteiger partial charge is 0.369 e. The molecule has 0 aliphatic rings. The topological polar surface area (TPSA) is 98.2 Å². The first-order valence-electron chi connectivity index (χ1n) is 6.54. The lowest BCUT2D eigenvalue weighted by molar-refractivity contribution is -0.117. The summed E-state index contributed by atoms with van der Waals surface area (Å²) in [5.41, 5.74) is 8.13. The lowest BCUT2D eigenvalue weighted by atomic mass is 10.1. The van der Waals surface area contributed by atoms with Crippen LogP contribution in [0.15, 0.2) is 28.8 Å². The van der Waals surface area contributed by atoms with Crippen LogP contribution in [0.1, 0.15) is 22.6 Å². The molecule has 0 fully saturated rings. The molecule has 2 amide bonds. The Balaban J connectivity index is 1.98. The van der Waals surface area contributed by atoms with E-state index in [0.29, 0.717) is 11.4 Å². The van der Waals surface area contributed by atoms with Crippen LogP contribution in [0.2, 0.25) is 0 Å². The van der Waals surface area contributed by atoms with E-state index in [0.717, 1.165) is 16.8 Å². The minimum atomic E-state index is -0.384. The molecule has 0 unspecified atom stereocenters. The Morgan fingerprint density at radius 2 is 1.86 bits per heavy atom. The van der Waals surface area contributed by atoms with E-state index in [-0.39, 0.29) is 24.7 Å². The third-order valence-corrected chi connectivity index (χ3v) is 3.13. The molecule has 0 bridgehead atoms. The number of carbonyl (C=O) groups excluding carboxylic acids is 2. The monoisotopic (exact) mass is 287 g/mol. The molecular weight excluding hydrogens is 270 g/mol. The van der Waals surface area contributed by atoms with Gasteiger partial charge in [-0.1, -0.05) is 17.3 Å². The van der Waals surface area contributed by atoms with Gasteiger partial charge in [-0.05, 0) is 31.5 Å². The molecule has 2 aromatic rings. The Morgan fingerprint density at radius 3 is 2.38 bits per heavy atom. The van der Waals surface area contributed by atoms with Crippen LogP contribution in [-0.4, -0.2) is 17.0 Å². The number of nitrogens with zero attached hydrogens (tertiary/aromatic N) is 1. The number of amides is 2. The molecule has 1 aromatic heterocycles. The first-order valence-corrected chi connectivity index (χ1v) is 6.54. The number of hydrogen-bond acceptors (Lipinski definition) is 4. The fourth-order valence-corrected chi connectivity index (χ4v) is 2.03. The summed E-state index contributed by atoms with van der Waals surface area (Å²) in [6.45, 7) is 3.58. The second-order valence-corrected chi connectivity index (χ2v) is 4.87. The van der Waals surface area contributed by atoms with Gasteiger partial charge in [-0.25, -0.2) is 0 Å². The van der Waals surface area contributed by atoms with Crippen LogP contribution in [-0.2, 0) is 22.4 Å². The van der Waals surface area contributed by atoms with Crippen LogP contribution in [0.5, 0.6) is 0 Å². The highest BCUT2D eigenvalue weighted by molar-refractivity contribution is 5.92. The summed E-state index contributed by atoms with van der Waals surface area (Å²) in [6, 6.07) is 7.00. The van der Waals surface area contributed by atoms with Crippen molar-refractivity contribution in [2.24, 2.45) is 5.73 Å². The van der Waals surface area contributed by atoms with Gasteiger partial charge in [0.15, 0.2) is 0 Å². The van der Waals surface area contributed by atoms with Crippen molar-refractivity contribution in [2.75, 3.05) is 5.32 Å². The van der Waals surface area contributed by atoms with Gasteiger partial charge in [0, 0.05) is 11.3 Å². The molecule has 110 valence electrons. The van der Waals surface area contributed by atoms with Crippen molar-refractivity contribution >= 4 is 17.5 Å². The summed E-state index contributed by atoms with van der Waals surface area (Å²) < 4.78 is 5.03. The second-order valence-electron chi connectivity index (χ2n) is 4.87. The Labute approximate surface area is 122 Å². The normalized spacial score (nSPS) is 10.4. The summed E-state index contributed by atoms with van der Waals surface area (Å²) in [7, 11) is 0. The van der Waals surface area contributed by atoms with Gasteiger partial charge in [0.2, 0.25) is 11.8 Å². The van der Waals surface area contributed by atoms with Crippen molar-refractivity contribution in [1.82, 2.24) is 5.16 Å². The number of aromatic nitrogens is 1. The predicted octanol–water partition coefficient (Wildman–Crippen LogP) is 1.50. The average molecular weight is 287 g/mol. The molecule has 1 heterocycles. The molecule has 0 aliphatic heterocycles. The number of primary amides is 1. The fourth-order valence-electron chi connectivity index (χ4n) is 2.03. The van der Waals surface area contributed by atoms with Crippen molar-refractivity contribution < 1.29 is 14.1 Å². The Bertz CT molecular complexity index is 640. The van der Waals surface area contributed by atoms with Crippen LogP contribution >= 0.6 is 0 Å². The minimum Gasteiger partial charge on any atom is -0.369 e. The zero-order chi connectivity index (χ0) is 15.4. The standard InChI is InChI=1S/C15H17N3O3/c1-9-13(10(2)21-18-9)8-15(20)17-12-5-3-11(4-6-12)7-14(16)19/h3-6H,7-8H2,1-2H3,(H2,16,19)(H,17,20). The van der Waals surface area contributed by atoms with Crippen molar-refractivity contribution in [3.8, 4) is 0 Å². The number of anilines is 1. The Hall–Kier alpha value is -2.63. The molecule has 6 heteroatoms. The van der Waals surface area contributed by atoms with Gasteiger partial charge < -0.3 is 15.6 Å². The number of aryl methyl sites for hydroxylation is 2. The van der Waals surface area contributed by atoms with E-state index < -0.39 is 0 Å². The maximum Gasteiger partial charge on any atom is 0.228 e. The lowest BCUT2D eigenvalue weighted by Crippen LogP contribution is -2.16. The van der Waals surface area contributed by atoms with Gasteiger partial charge in [0.1, 0.15) is 5.76 Å². The quantitative estimate of drug-likeness (QED) is 0.870. The van der Waals surface area contributed by atoms with Crippen molar-refractivity contribution in [3.05, 3.63) is 46.8 Å². The maximum absolute atomic E-state index is 12.0. The molecule has 0 atom stereocenters. The minimum absolute atomic E-state index is 0.146. The Morgan fingerprint density at radius 1 is 1.19 bits per heavy atom. The van der Waals surface area contributed by atoms with Crippen LogP contribution in [0.4, 0.5) is 5.69 Å². The van der Waals surface area contributed by atoms with E-state index in [1.54, 1.807) is 38.1 Å². The molecule has 0 saturated carbocycles. The first kappa shape index (κ1) is 14.8. The molecule has 0 aliphatic carbocycles. The van der Waals surface area contributed by atoms with E-state index >= 15 is 0 Å². The van der Waals surface area contributed by atoms with Crippen LogP contribution in [0.25, 0.3) is 0 Å². The molecule has 1 aromatic carbocycles. The SMILES string of the molecule is Cc1noc(C)c1CC(=O)Nc1ccc(CC(N)=O)cc1. The molecule has 3 N–H and O–H groups in total. The maximum atomic E-state index is 12.0. The number of nitrogens with two attached hydrogens (primary N) is 1. The van der Waals surface area contributed by atoms with E-state index in [2.05, 4.69) is 10.5 Å². The number of rotatable bonds is 5. The molecular formula is C15H17N3O3. The zero-order valence-electron chi connectivity index (χ0n) is 12.0. The zero-order valence-corrected chi connectivity index (χ0v) is 12.0. The second kappa shape index (κ2) is 6.21. The van der Waals surface area contributed by atoms with Gasteiger partial charge >= 0.3 is 0 Å². The van der Waals surface area contributed by atoms with Gasteiger partial charge in [-0.2, -0.15) is 0 Å². The molecule has 0 saturated heterocycles. The highest BCUT2D eigenvalue weighted by atomic mass is 16.5. The van der Waals surface area contributed by atoms with Gasteiger partial charge in [0.05, 0.1) is 18.5 Å². The molecule has 0 radical (unpaired) electrons. The summed E-state index contributed by atoms with van der Waals surface area (Å²) in [4.78, 5) is 22.8. The van der Waals surface area contributed by atoms with E-state index in [9.17, 15) is 9.59 Å². The number of carbonyl (C=O) groups is 2. The van der Waals surface area contributed by atoms with Gasteiger partial charge in [0.25, 0.3) is 0 Å². The number of nitrogens with one attached hydrogen (secondary N) is 1. The lowest BCUT2D eigenvalue weighted by Gasteiger charge is -2.06. The van der Waals surface area contributed by atoms with Gasteiger partial charge in [-0.15, -0.1) is 0 Å². The first-order chi connectivity index (χ1) is 9.95. The van der Waals surface area contributed by atoms with E-state index in [1.807, 2.05) is 0 Å². The van der Waals surface area contributed by atoms with Crippen molar-refractivity contribution in [3.63, 3.8) is 0 Å². The molecule has 21 heavy (non-hydrogen) atoms. The fraction of sp³-hybridized carbons (Fsp3) is 0.267.